The van der Waals surface area contributed by atoms with Gasteiger partial charge in [-0.25, -0.2) is 0 Å². The fraction of sp³-hybridized carbons (Fsp3) is 0.478. The predicted octanol–water partition coefficient (Wildman–Crippen LogP) is 3.26. The lowest BCUT2D eigenvalue weighted by Crippen LogP contribution is -2.46. The van der Waals surface area contributed by atoms with Crippen molar-refractivity contribution < 1.29 is 44.9 Å². The molecule has 0 spiro atoms. The van der Waals surface area contributed by atoms with Gasteiger partial charge in [0.15, 0.2) is 0 Å². The fourth-order valence-electron chi connectivity index (χ4n) is 3.76. The van der Waals surface area contributed by atoms with Gasteiger partial charge in [0.25, 0.3) is 22.9 Å². The number of nitro benzene ring substituents is 6. The van der Waals surface area contributed by atoms with Gasteiger partial charge in [-0.15, -0.1) is 0 Å². The number of likely N-dealkylation sites (N-methyl/N-ethyl adjacent to an activating group) is 2. The molecule has 23 nitrogen and oxygen atoms in total. The van der Waals surface area contributed by atoms with Crippen LogP contribution in [-0.2, 0) is 0 Å². The number of nitro groups is 6. The molecule has 1 unspecified atom stereocenters. The summed E-state index contributed by atoms with van der Waals surface area (Å²) in [4.78, 5) is 60.2. The molecule has 2 aromatic carbocycles. The number of hydrogen-bond acceptors (Lipinski definition) is 17. The number of phenols is 2. The minimum atomic E-state index is -1.21. The monoisotopic (exact) mass is 660 g/mol. The molecule has 0 aliphatic rings. The Hall–Kier alpha value is -5.68. The van der Waals surface area contributed by atoms with Crippen molar-refractivity contribution in [3.05, 3.63) is 85.0 Å². The summed E-state index contributed by atoms with van der Waals surface area (Å²) in [5.74, 6) is -2.42. The van der Waals surface area contributed by atoms with E-state index in [9.17, 15) is 65.8 Å². The summed E-state index contributed by atoms with van der Waals surface area (Å²) in [5, 5.41) is 89.8. The second kappa shape index (κ2) is 18.9. The minimum Gasteiger partial charge on any atom is -0.497 e. The number of hydrogen-bond donors (Lipinski definition) is 3. The van der Waals surface area contributed by atoms with E-state index in [1.54, 1.807) is 0 Å². The summed E-state index contributed by atoms with van der Waals surface area (Å²) < 4.78 is 0. The Labute approximate surface area is 258 Å². The molecule has 46 heavy (non-hydrogen) atoms. The van der Waals surface area contributed by atoms with Gasteiger partial charge in [0.1, 0.15) is 0 Å². The van der Waals surface area contributed by atoms with E-state index in [0.29, 0.717) is 30.3 Å². The summed E-state index contributed by atoms with van der Waals surface area (Å²) in [7, 11) is 0. The minimum absolute atomic E-state index is 0.262. The highest BCUT2D eigenvalue weighted by Gasteiger charge is 2.31. The molecule has 0 saturated carbocycles. The average molecular weight is 661 g/mol. The van der Waals surface area contributed by atoms with Crippen LogP contribution in [0.4, 0.5) is 34.1 Å². The van der Waals surface area contributed by atoms with Crippen LogP contribution in [0.3, 0.4) is 0 Å². The van der Waals surface area contributed by atoms with Gasteiger partial charge in [-0.2, -0.15) is 0 Å². The highest BCUT2D eigenvalue weighted by atomic mass is 16.7. The SMILES string of the molecule is CCN(CC)CC(CO)N(CC)CC.O=[N+]([O-])c1cc([N+](=O)[O-])c(O)c([N+](=O)[O-])c1.O=[N+]([O-])c1cc([N+](=O)[O-])c(O)c([N+](=O)[O-])c1. The van der Waals surface area contributed by atoms with Crippen LogP contribution in [0.1, 0.15) is 27.7 Å². The summed E-state index contributed by atoms with van der Waals surface area (Å²) >= 11 is 0. The maximum absolute atomic E-state index is 10.4. The summed E-state index contributed by atoms with van der Waals surface area (Å²) in [6.07, 6.45) is 0. The molecule has 1 atom stereocenters. The third-order valence-electron chi connectivity index (χ3n) is 6.22. The lowest BCUT2D eigenvalue weighted by molar-refractivity contribution is -0.404. The van der Waals surface area contributed by atoms with Crippen molar-refractivity contribution in [3.63, 3.8) is 0 Å². The van der Waals surface area contributed by atoms with E-state index in [2.05, 4.69) is 37.5 Å². The summed E-state index contributed by atoms with van der Waals surface area (Å²) in [6, 6.07) is 2.08. The van der Waals surface area contributed by atoms with Crippen molar-refractivity contribution in [3.8, 4) is 11.5 Å². The van der Waals surface area contributed by atoms with Crippen molar-refractivity contribution in [2.45, 2.75) is 33.7 Å². The van der Waals surface area contributed by atoms with Crippen molar-refractivity contribution in [2.75, 3.05) is 39.3 Å². The Kier molecular flexibility index (Phi) is 16.5. The van der Waals surface area contributed by atoms with Crippen LogP contribution in [0.15, 0.2) is 24.3 Å². The van der Waals surface area contributed by atoms with E-state index in [1.165, 1.54) is 0 Å². The van der Waals surface area contributed by atoms with Gasteiger partial charge >= 0.3 is 22.7 Å². The topological polar surface area (TPSA) is 326 Å². The summed E-state index contributed by atoms with van der Waals surface area (Å²) in [6.45, 7) is 14.0. The Morgan fingerprint density at radius 1 is 0.565 bits per heavy atom. The van der Waals surface area contributed by atoms with Gasteiger partial charge in [0.05, 0.1) is 60.4 Å². The van der Waals surface area contributed by atoms with E-state index in [0.717, 1.165) is 32.7 Å². The van der Waals surface area contributed by atoms with Crippen molar-refractivity contribution in [1.82, 2.24) is 9.80 Å². The second-order valence-corrected chi connectivity index (χ2v) is 8.75. The third kappa shape index (κ3) is 11.4. The van der Waals surface area contributed by atoms with Gasteiger partial charge in [0, 0.05) is 12.6 Å². The molecule has 0 aliphatic heterocycles. The zero-order valence-electron chi connectivity index (χ0n) is 24.9. The van der Waals surface area contributed by atoms with E-state index < -0.39 is 75.2 Å². The maximum Gasteiger partial charge on any atom is 0.324 e. The molecule has 2 aromatic rings. The average Bonchev–Trinajstić information content (AvgIpc) is 2.99. The number of aliphatic hydroxyl groups is 1. The number of non-ortho nitro benzene ring substituents is 2. The largest absolute Gasteiger partial charge is 0.497 e. The number of nitrogens with zero attached hydrogens (tertiary/aromatic N) is 8. The van der Waals surface area contributed by atoms with Crippen LogP contribution in [0.2, 0.25) is 0 Å². The van der Waals surface area contributed by atoms with Gasteiger partial charge in [-0.1, -0.05) is 27.7 Å². The number of rotatable bonds is 14. The lowest BCUT2D eigenvalue weighted by Gasteiger charge is -2.32. The molecule has 2 rings (SSSR count). The van der Waals surface area contributed by atoms with Gasteiger partial charge in [0.2, 0.25) is 0 Å². The predicted molar refractivity (Wildman–Crippen MR) is 158 cm³/mol. The molecular formula is C23H32N8O15. The van der Waals surface area contributed by atoms with E-state index in [-0.39, 0.29) is 6.61 Å². The third-order valence-corrected chi connectivity index (χ3v) is 6.22. The Morgan fingerprint density at radius 2 is 0.848 bits per heavy atom. The molecule has 254 valence electrons. The molecule has 0 fully saturated rings. The van der Waals surface area contributed by atoms with Crippen molar-refractivity contribution >= 4 is 34.1 Å². The molecule has 3 N–H and O–H groups in total. The molecule has 0 radical (unpaired) electrons. The normalized spacial score (nSPS) is 11.0. The van der Waals surface area contributed by atoms with Crippen molar-refractivity contribution in [2.24, 2.45) is 0 Å². The van der Waals surface area contributed by atoms with E-state index in [4.69, 9.17) is 10.2 Å². The van der Waals surface area contributed by atoms with Gasteiger partial charge < -0.3 is 20.2 Å². The van der Waals surface area contributed by atoms with Crippen LogP contribution < -0.4 is 0 Å². The zero-order valence-corrected chi connectivity index (χ0v) is 24.9. The standard InChI is InChI=1S/C11H26N2O.2C6H3N3O7/c1-5-12(6-2)9-11(10-14)13(7-3)8-4;2*10-6-4(8(13)14)1-3(7(11)12)2-5(6)9(15)16/h11,14H,5-10H2,1-4H3;2*1-2,10H. The van der Waals surface area contributed by atoms with E-state index in [1.807, 2.05) is 0 Å². The van der Waals surface area contributed by atoms with Crippen LogP contribution in [-0.4, -0.2) is 100 Å². The molecule has 0 saturated heterocycles. The second-order valence-electron chi connectivity index (χ2n) is 8.75. The first-order valence-electron chi connectivity index (χ1n) is 13.1. The van der Waals surface area contributed by atoms with Gasteiger partial charge in [-0.05, 0) is 26.2 Å². The highest BCUT2D eigenvalue weighted by Crippen LogP contribution is 2.40. The zero-order chi connectivity index (χ0) is 35.9. The molecule has 0 bridgehead atoms. The number of aliphatic hydroxyl groups excluding tert-OH is 1. The first-order valence-corrected chi connectivity index (χ1v) is 13.1. The van der Waals surface area contributed by atoms with Gasteiger partial charge in [-0.3, -0.25) is 65.6 Å². The number of phenolic OH excluding ortho intramolecular Hbond substituents is 2. The van der Waals surface area contributed by atoms with Crippen LogP contribution >= 0.6 is 0 Å². The first kappa shape index (κ1) is 40.3. The quantitative estimate of drug-likeness (QED) is 0.193. The molecule has 0 heterocycles. The Morgan fingerprint density at radius 3 is 1.02 bits per heavy atom. The Bertz CT molecular complexity index is 1270. The first-order chi connectivity index (χ1) is 21.4. The van der Waals surface area contributed by atoms with Crippen LogP contribution in [0.5, 0.6) is 11.5 Å². The van der Waals surface area contributed by atoms with E-state index >= 15 is 0 Å². The lowest BCUT2D eigenvalue weighted by atomic mass is 10.2. The maximum atomic E-state index is 10.4. The highest BCUT2D eigenvalue weighted by molar-refractivity contribution is 5.65. The molecule has 0 aromatic heterocycles. The van der Waals surface area contributed by atoms with Crippen molar-refractivity contribution in [1.29, 1.82) is 0 Å². The van der Waals surface area contributed by atoms with Crippen LogP contribution in [0.25, 0.3) is 0 Å². The Balaban J connectivity index is 0.000000663. The molecule has 23 heteroatoms. The summed E-state index contributed by atoms with van der Waals surface area (Å²) in [5.41, 5.74) is -6.00. The smallest absolute Gasteiger partial charge is 0.324 e. The molecular weight excluding hydrogens is 628 g/mol. The van der Waals surface area contributed by atoms with Crippen LogP contribution in [0, 0.1) is 60.7 Å². The number of benzene rings is 2. The molecule has 0 amide bonds. The number of aromatic hydroxyl groups is 2. The fourth-order valence-corrected chi connectivity index (χ4v) is 3.76. The molecule has 0 aliphatic carbocycles.